The molecule has 0 bridgehead atoms. The van der Waals surface area contributed by atoms with E-state index in [0.29, 0.717) is 25.7 Å². The second-order valence-electron chi connectivity index (χ2n) is 6.27. The maximum Gasteiger partial charge on any atom is 0.225 e. The molecule has 2 N–H and O–H groups in total. The van der Waals surface area contributed by atoms with Gasteiger partial charge in [-0.05, 0) is 30.5 Å². The van der Waals surface area contributed by atoms with Gasteiger partial charge in [0.25, 0.3) is 0 Å². The molecule has 1 heterocycles. The number of benzene rings is 1. The van der Waals surface area contributed by atoms with Gasteiger partial charge in [0.1, 0.15) is 5.82 Å². The Morgan fingerprint density at radius 2 is 2.18 bits per heavy atom. The van der Waals surface area contributed by atoms with Gasteiger partial charge in [-0.2, -0.15) is 0 Å². The molecule has 2 atom stereocenters. The molecular weight excluding hydrogens is 307 g/mol. The third-order valence-corrected chi connectivity index (χ3v) is 4.71. The van der Waals surface area contributed by atoms with Crippen molar-refractivity contribution in [3.63, 3.8) is 0 Å². The second-order valence-corrected chi connectivity index (χ2v) is 6.68. The van der Waals surface area contributed by atoms with Crippen LogP contribution >= 0.6 is 11.6 Å². The Balaban J connectivity index is 1.62. The number of likely N-dealkylation sites (tertiary alicyclic amines) is 1. The highest BCUT2D eigenvalue weighted by molar-refractivity contribution is 6.30. The Labute approximate surface area is 134 Å². The summed E-state index contributed by atoms with van der Waals surface area (Å²) in [5.41, 5.74) is 0.821. The molecule has 4 nitrogen and oxygen atoms in total. The monoisotopic (exact) mass is 326 g/mol. The van der Waals surface area contributed by atoms with Gasteiger partial charge in [-0.15, -0.1) is 0 Å². The Morgan fingerprint density at radius 3 is 2.82 bits per heavy atom. The first-order valence-corrected chi connectivity index (χ1v) is 8.02. The Hall–Kier alpha value is -1.17. The van der Waals surface area contributed by atoms with E-state index in [0.717, 1.165) is 18.4 Å². The number of carbonyl (C=O) groups excluding carboxylic acids is 1. The highest BCUT2D eigenvalue weighted by Gasteiger charge is 2.38. The fourth-order valence-electron chi connectivity index (χ4n) is 3.00. The molecule has 2 aliphatic rings. The van der Waals surface area contributed by atoms with Crippen LogP contribution in [-0.2, 0) is 11.3 Å². The zero-order valence-corrected chi connectivity index (χ0v) is 13.0. The summed E-state index contributed by atoms with van der Waals surface area (Å²) in [6.45, 7) is 1.78. The van der Waals surface area contributed by atoms with Crippen LogP contribution in [0.25, 0.3) is 0 Å². The van der Waals surface area contributed by atoms with Crippen molar-refractivity contribution in [1.29, 1.82) is 0 Å². The highest BCUT2D eigenvalue weighted by atomic mass is 35.5. The van der Waals surface area contributed by atoms with E-state index in [1.165, 1.54) is 6.07 Å². The van der Waals surface area contributed by atoms with E-state index in [-0.39, 0.29) is 29.4 Å². The largest absolute Gasteiger partial charge is 0.396 e. The average Bonchev–Trinajstić information content (AvgIpc) is 3.20. The van der Waals surface area contributed by atoms with Crippen LogP contribution in [0.1, 0.15) is 18.4 Å². The smallest absolute Gasteiger partial charge is 0.225 e. The summed E-state index contributed by atoms with van der Waals surface area (Å²) in [7, 11) is 0. The summed E-state index contributed by atoms with van der Waals surface area (Å²) in [5, 5.41) is 12.6. The van der Waals surface area contributed by atoms with Crippen molar-refractivity contribution in [3.8, 4) is 0 Å². The molecule has 1 aromatic rings. The van der Waals surface area contributed by atoms with Crippen LogP contribution in [0.3, 0.4) is 0 Å². The fourth-order valence-corrected chi connectivity index (χ4v) is 3.12. The Morgan fingerprint density at radius 1 is 1.41 bits per heavy atom. The van der Waals surface area contributed by atoms with Crippen LogP contribution in [0.5, 0.6) is 0 Å². The predicted octanol–water partition coefficient (Wildman–Crippen LogP) is 1.80. The quantitative estimate of drug-likeness (QED) is 0.867. The van der Waals surface area contributed by atoms with Gasteiger partial charge in [-0.25, -0.2) is 4.39 Å². The summed E-state index contributed by atoms with van der Waals surface area (Å²) in [5.74, 6) is -0.648. The average molecular weight is 327 g/mol. The third kappa shape index (κ3) is 3.59. The number of halogens is 2. The SMILES string of the molecule is O=C(NC1CC1)[C@@H]1CN(Cc2ccc(Cl)c(F)c2)C[C@H]1CO. The summed E-state index contributed by atoms with van der Waals surface area (Å²) in [6, 6.07) is 5.08. The highest BCUT2D eigenvalue weighted by Crippen LogP contribution is 2.27. The van der Waals surface area contributed by atoms with Gasteiger partial charge in [-0.3, -0.25) is 9.69 Å². The van der Waals surface area contributed by atoms with Gasteiger partial charge < -0.3 is 10.4 Å². The molecule has 3 rings (SSSR count). The zero-order chi connectivity index (χ0) is 15.7. The lowest BCUT2D eigenvalue weighted by molar-refractivity contribution is -0.126. The van der Waals surface area contributed by atoms with Crippen LogP contribution < -0.4 is 5.32 Å². The van der Waals surface area contributed by atoms with Crippen LogP contribution in [0, 0.1) is 17.7 Å². The summed E-state index contributed by atoms with van der Waals surface area (Å²) in [6.07, 6.45) is 2.10. The molecule has 1 aromatic carbocycles. The van der Waals surface area contributed by atoms with Gasteiger partial charge in [0.15, 0.2) is 0 Å². The minimum absolute atomic E-state index is 0.00572. The molecule has 1 aliphatic carbocycles. The number of hydrogen-bond acceptors (Lipinski definition) is 3. The third-order valence-electron chi connectivity index (χ3n) is 4.40. The van der Waals surface area contributed by atoms with Crippen LogP contribution in [0.4, 0.5) is 4.39 Å². The zero-order valence-electron chi connectivity index (χ0n) is 12.3. The molecule has 1 saturated carbocycles. The second kappa shape index (κ2) is 6.52. The number of hydrogen-bond donors (Lipinski definition) is 2. The molecule has 0 unspecified atom stereocenters. The summed E-state index contributed by atoms with van der Waals surface area (Å²) >= 11 is 5.69. The molecule has 6 heteroatoms. The lowest BCUT2D eigenvalue weighted by Crippen LogP contribution is -2.37. The first-order chi connectivity index (χ1) is 10.6. The topological polar surface area (TPSA) is 52.6 Å². The van der Waals surface area contributed by atoms with E-state index in [1.807, 2.05) is 0 Å². The molecule has 2 fully saturated rings. The fraction of sp³-hybridized carbons (Fsp3) is 0.562. The maximum absolute atomic E-state index is 13.5. The van der Waals surface area contributed by atoms with E-state index in [2.05, 4.69) is 10.2 Å². The predicted molar refractivity (Wildman–Crippen MR) is 81.9 cm³/mol. The van der Waals surface area contributed by atoms with Crippen molar-refractivity contribution in [3.05, 3.63) is 34.6 Å². The van der Waals surface area contributed by atoms with Crippen molar-refractivity contribution >= 4 is 17.5 Å². The van der Waals surface area contributed by atoms with Crippen LogP contribution in [-0.4, -0.2) is 41.7 Å². The Bertz CT molecular complexity index is 565. The minimum atomic E-state index is -0.430. The van der Waals surface area contributed by atoms with Crippen LogP contribution in [0.15, 0.2) is 18.2 Å². The normalized spacial score (nSPS) is 25.4. The molecule has 1 amide bonds. The summed E-state index contributed by atoms with van der Waals surface area (Å²) in [4.78, 5) is 14.3. The minimum Gasteiger partial charge on any atom is -0.396 e. The molecule has 1 saturated heterocycles. The Kier molecular flexibility index (Phi) is 4.66. The number of carbonyl (C=O) groups is 1. The molecule has 0 spiro atoms. The van der Waals surface area contributed by atoms with Gasteiger partial charge in [-0.1, -0.05) is 17.7 Å². The van der Waals surface area contributed by atoms with Crippen molar-refractivity contribution in [2.75, 3.05) is 19.7 Å². The molecular formula is C16H20ClFN2O2. The first kappa shape index (κ1) is 15.7. The van der Waals surface area contributed by atoms with Gasteiger partial charge >= 0.3 is 0 Å². The van der Waals surface area contributed by atoms with Crippen LogP contribution in [0.2, 0.25) is 5.02 Å². The van der Waals surface area contributed by atoms with Gasteiger partial charge in [0.05, 0.1) is 10.9 Å². The standard InChI is InChI=1S/C16H20ClFN2O2/c17-14-4-1-10(5-15(14)18)6-20-7-11(9-21)13(8-20)16(22)19-12-2-3-12/h1,4-5,11-13,21H,2-3,6-9H2,(H,19,22)/t11-,13+/m0/s1. The van der Waals surface area contributed by atoms with Crippen molar-refractivity contribution in [2.24, 2.45) is 11.8 Å². The molecule has 22 heavy (non-hydrogen) atoms. The van der Waals surface area contributed by atoms with Crippen molar-refractivity contribution < 1.29 is 14.3 Å². The number of amides is 1. The van der Waals surface area contributed by atoms with Gasteiger partial charge in [0, 0.05) is 38.2 Å². The molecule has 120 valence electrons. The van der Waals surface area contributed by atoms with E-state index in [1.54, 1.807) is 12.1 Å². The number of nitrogens with zero attached hydrogens (tertiary/aromatic N) is 1. The molecule has 0 radical (unpaired) electrons. The summed E-state index contributed by atoms with van der Waals surface area (Å²) < 4.78 is 13.5. The number of aliphatic hydroxyl groups is 1. The molecule has 0 aromatic heterocycles. The van der Waals surface area contributed by atoms with Crippen molar-refractivity contribution in [2.45, 2.75) is 25.4 Å². The van der Waals surface area contributed by atoms with E-state index >= 15 is 0 Å². The van der Waals surface area contributed by atoms with E-state index in [4.69, 9.17) is 11.6 Å². The van der Waals surface area contributed by atoms with E-state index in [9.17, 15) is 14.3 Å². The lowest BCUT2D eigenvalue weighted by atomic mass is 9.96. The number of aliphatic hydroxyl groups excluding tert-OH is 1. The van der Waals surface area contributed by atoms with E-state index < -0.39 is 5.82 Å². The number of nitrogens with one attached hydrogen (secondary N) is 1. The first-order valence-electron chi connectivity index (χ1n) is 7.64. The van der Waals surface area contributed by atoms with Crippen molar-refractivity contribution in [1.82, 2.24) is 10.2 Å². The number of rotatable bonds is 5. The molecule has 1 aliphatic heterocycles. The maximum atomic E-state index is 13.5. The lowest BCUT2D eigenvalue weighted by Gasteiger charge is -2.16. The van der Waals surface area contributed by atoms with Gasteiger partial charge in [0.2, 0.25) is 5.91 Å².